The standard InChI is InChI=1S/C24H23ClN6O9S2/c1-24(2,3)40-15(32)9-39-28-16(19-26-11-42-29-19)20(33)27-17-21(34)30-18(14(25)10-41-22(17)30)23(35)38-8-12-4-6-13(7-5-12)31(36)37/h4-7,11,17,22H,8-10H2,1-3H3,(H,27,33)/b28-16+. The van der Waals surface area contributed by atoms with E-state index in [0.29, 0.717) is 5.56 Å². The smallest absolute Gasteiger partial charge is 0.356 e. The number of β-lactam (4-membered cyclic amide) rings is 1. The second-order valence-electron chi connectivity index (χ2n) is 9.67. The molecule has 2 amide bonds. The zero-order chi connectivity index (χ0) is 30.6. The van der Waals surface area contributed by atoms with Crippen LogP contribution in [-0.4, -0.2) is 78.0 Å². The Morgan fingerprint density at radius 2 is 1.98 bits per heavy atom. The van der Waals surface area contributed by atoms with Gasteiger partial charge in [0, 0.05) is 17.9 Å². The van der Waals surface area contributed by atoms with E-state index in [0.717, 1.165) is 16.4 Å². The minimum atomic E-state index is -1.06. The van der Waals surface area contributed by atoms with Gasteiger partial charge in [-0.15, -0.1) is 11.8 Å². The number of nitro benzene ring substituents is 1. The lowest BCUT2D eigenvalue weighted by molar-refractivity contribution is -0.384. The van der Waals surface area contributed by atoms with Crippen LogP contribution in [-0.2, 0) is 40.1 Å². The van der Waals surface area contributed by atoms with Gasteiger partial charge in [0.25, 0.3) is 17.5 Å². The molecule has 1 aromatic heterocycles. The Balaban J connectivity index is 1.40. The quantitative estimate of drug-likeness (QED) is 0.131. The number of halogens is 1. The average molecular weight is 639 g/mol. The van der Waals surface area contributed by atoms with E-state index < -0.39 is 52.3 Å². The number of carbonyl (C=O) groups excluding carboxylic acids is 4. The van der Waals surface area contributed by atoms with Crippen LogP contribution in [0.1, 0.15) is 32.2 Å². The fraction of sp³-hybridized carbons (Fsp3) is 0.375. The molecule has 0 bridgehead atoms. The predicted octanol–water partition coefficient (Wildman–Crippen LogP) is 2.10. The molecule has 18 heteroatoms. The largest absolute Gasteiger partial charge is 0.457 e. The summed E-state index contributed by atoms with van der Waals surface area (Å²) < 4.78 is 14.4. The van der Waals surface area contributed by atoms with Gasteiger partial charge >= 0.3 is 11.9 Å². The number of thioether (sulfide) groups is 1. The van der Waals surface area contributed by atoms with E-state index >= 15 is 0 Å². The van der Waals surface area contributed by atoms with Crippen LogP contribution in [0.5, 0.6) is 0 Å². The number of nitrogens with zero attached hydrogens (tertiary/aromatic N) is 5. The third-order valence-electron chi connectivity index (χ3n) is 5.47. The number of non-ortho nitro benzene ring substituents is 1. The van der Waals surface area contributed by atoms with Gasteiger partial charge in [-0.05, 0) is 50.0 Å². The van der Waals surface area contributed by atoms with E-state index in [1.54, 1.807) is 20.8 Å². The molecule has 4 rings (SSSR count). The Kier molecular flexibility index (Phi) is 9.43. The Morgan fingerprint density at radius 3 is 2.60 bits per heavy atom. The van der Waals surface area contributed by atoms with Crippen LogP contribution >= 0.6 is 34.9 Å². The number of benzene rings is 1. The normalized spacial score (nSPS) is 18.5. The first-order chi connectivity index (χ1) is 19.9. The summed E-state index contributed by atoms with van der Waals surface area (Å²) in [4.78, 5) is 71.4. The van der Waals surface area contributed by atoms with Crippen LogP contribution in [0.2, 0.25) is 0 Å². The first-order valence-electron chi connectivity index (χ1n) is 12.1. The van der Waals surface area contributed by atoms with Crippen LogP contribution in [0, 0.1) is 10.1 Å². The fourth-order valence-corrected chi connectivity index (χ4v) is 5.67. The minimum Gasteiger partial charge on any atom is -0.457 e. The highest BCUT2D eigenvalue weighted by molar-refractivity contribution is 8.00. The molecule has 1 N–H and O–H groups in total. The highest BCUT2D eigenvalue weighted by Gasteiger charge is 2.54. The second kappa shape index (κ2) is 12.8. The van der Waals surface area contributed by atoms with E-state index in [2.05, 4.69) is 19.8 Å². The molecule has 0 spiro atoms. The Morgan fingerprint density at radius 1 is 1.26 bits per heavy atom. The van der Waals surface area contributed by atoms with Crippen LogP contribution in [0.15, 0.2) is 45.7 Å². The number of carbonyl (C=O) groups is 4. The van der Waals surface area contributed by atoms with E-state index in [9.17, 15) is 29.3 Å². The molecule has 3 heterocycles. The van der Waals surface area contributed by atoms with Gasteiger partial charge in [0.05, 0.1) is 9.96 Å². The molecule has 2 unspecified atom stereocenters. The molecule has 0 radical (unpaired) electrons. The number of rotatable bonds is 10. The van der Waals surface area contributed by atoms with Gasteiger partial charge in [0.15, 0.2) is 0 Å². The summed E-state index contributed by atoms with van der Waals surface area (Å²) in [5, 5.41) is 16.5. The van der Waals surface area contributed by atoms with Gasteiger partial charge in [0.2, 0.25) is 18.1 Å². The van der Waals surface area contributed by atoms with Crippen molar-refractivity contribution in [3.05, 3.63) is 62.0 Å². The third kappa shape index (κ3) is 7.21. The highest BCUT2D eigenvalue weighted by Crippen LogP contribution is 2.41. The lowest BCUT2D eigenvalue weighted by atomic mass is 10.0. The zero-order valence-corrected chi connectivity index (χ0v) is 24.7. The summed E-state index contributed by atoms with van der Waals surface area (Å²) >= 11 is 8.45. The number of esters is 2. The maximum Gasteiger partial charge on any atom is 0.356 e. The SMILES string of the molecule is CC(C)(C)OC(=O)CO/N=C(/C(=O)NC1C(=O)N2C(C(=O)OCc3ccc([N+](=O)[O-])cc3)=C(Cl)CSC12)c1ncsn1. The van der Waals surface area contributed by atoms with Gasteiger partial charge in [-0.2, -0.15) is 4.37 Å². The number of nitrogens with one attached hydrogen (secondary N) is 1. The molecule has 222 valence electrons. The summed E-state index contributed by atoms with van der Waals surface area (Å²) in [6.45, 7) is 4.25. The van der Waals surface area contributed by atoms with Crippen LogP contribution in [0.25, 0.3) is 0 Å². The summed E-state index contributed by atoms with van der Waals surface area (Å²) in [5.41, 5.74) is 0.458. The lowest BCUT2D eigenvalue weighted by Gasteiger charge is -2.49. The number of amides is 2. The van der Waals surface area contributed by atoms with Gasteiger partial charge in [-0.25, -0.2) is 14.6 Å². The van der Waals surface area contributed by atoms with Gasteiger partial charge < -0.3 is 19.6 Å². The Hall–Kier alpha value is -4.09. The first-order valence-corrected chi connectivity index (χ1v) is 14.3. The number of hydrogen-bond acceptors (Lipinski definition) is 14. The molecule has 1 saturated heterocycles. The first kappa shape index (κ1) is 30.9. The van der Waals surface area contributed by atoms with Gasteiger partial charge in [-0.3, -0.25) is 24.6 Å². The van der Waals surface area contributed by atoms with Gasteiger partial charge in [0.1, 0.15) is 34.8 Å². The number of oxime groups is 1. The molecular formula is C24H23ClN6O9S2. The third-order valence-corrected chi connectivity index (χ3v) is 7.69. The van der Waals surface area contributed by atoms with Gasteiger partial charge in [-0.1, -0.05) is 16.8 Å². The number of ether oxygens (including phenoxy) is 2. The predicted molar refractivity (Wildman–Crippen MR) is 149 cm³/mol. The maximum atomic E-state index is 13.1. The van der Waals surface area contributed by atoms with Crippen molar-refractivity contribution >= 4 is 70.0 Å². The minimum absolute atomic E-state index is 0.0833. The molecule has 0 saturated carbocycles. The fourth-order valence-electron chi connectivity index (χ4n) is 3.69. The number of hydrogen-bond donors (Lipinski definition) is 1. The molecular weight excluding hydrogens is 616 g/mol. The molecule has 2 aromatic rings. The number of nitro groups is 1. The van der Waals surface area contributed by atoms with Crippen molar-refractivity contribution in [2.24, 2.45) is 5.16 Å². The summed E-state index contributed by atoms with van der Waals surface area (Å²) in [7, 11) is 0. The van der Waals surface area contributed by atoms with E-state index in [4.69, 9.17) is 25.9 Å². The molecule has 1 fully saturated rings. The van der Waals surface area contributed by atoms with Crippen molar-refractivity contribution in [1.29, 1.82) is 0 Å². The van der Waals surface area contributed by atoms with Crippen molar-refractivity contribution < 1.29 is 38.4 Å². The molecule has 42 heavy (non-hydrogen) atoms. The zero-order valence-electron chi connectivity index (χ0n) is 22.3. The van der Waals surface area contributed by atoms with Crippen molar-refractivity contribution in [3.8, 4) is 0 Å². The average Bonchev–Trinajstić information content (AvgIpc) is 3.46. The molecule has 15 nitrogen and oxygen atoms in total. The lowest BCUT2D eigenvalue weighted by Crippen LogP contribution is -2.71. The number of aromatic nitrogens is 2. The molecule has 0 aliphatic carbocycles. The molecule has 2 aliphatic heterocycles. The van der Waals surface area contributed by atoms with Crippen molar-refractivity contribution in [2.75, 3.05) is 12.4 Å². The molecule has 1 aromatic carbocycles. The van der Waals surface area contributed by atoms with Crippen molar-refractivity contribution in [1.82, 2.24) is 19.6 Å². The summed E-state index contributed by atoms with van der Waals surface area (Å²) in [6.07, 6.45) is 0. The van der Waals surface area contributed by atoms with Crippen LogP contribution < -0.4 is 5.32 Å². The van der Waals surface area contributed by atoms with E-state index in [1.807, 2.05) is 0 Å². The second-order valence-corrected chi connectivity index (χ2v) is 11.8. The monoisotopic (exact) mass is 638 g/mol. The molecule has 2 aliphatic rings. The van der Waals surface area contributed by atoms with E-state index in [1.165, 1.54) is 41.5 Å². The maximum absolute atomic E-state index is 13.1. The Bertz CT molecular complexity index is 1460. The van der Waals surface area contributed by atoms with Crippen molar-refractivity contribution in [3.63, 3.8) is 0 Å². The highest BCUT2D eigenvalue weighted by atomic mass is 35.5. The van der Waals surface area contributed by atoms with Crippen molar-refractivity contribution in [2.45, 2.75) is 44.4 Å². The topological polar surface area (TPSA) is 193 Å². The number of fused-ring (bicyclic) bond motifs is 1. The summed E-state index contributed by atoms with van der Waals surface area (Å²) in [6, 6.07) is 4.37. The Labute approximate surface area is 251 Å². The van der Waals surface area contributed by atoms with E-state index in [-0.39, 0.29) is 40.3 Å². The van der Waals surface area contributed by atoms with Crippen LogP contribution in [0.3, 0.4) is 0 Å². The molecule has 2 atom stereocenters. The summed E-state index contributed by atoms with van der Waals surface area (Å²) in [5.74, 6) is -2.97. The van der Waals surface area contributed by atoms with Crippen LogP contribution in [0.4, 0.5) is 5.69 Å².